The lowest BCUT2D eigenvalue weighted by Gasteiger charge is -2.23. The maximum Gasteiger partial charge on any atom is 0.253 e. The van der Waals surface area contributed by atoms with E-state index in [9.17, 15) is 4.79 Å². The number of rotatable bonds is 6. The Kier molecular flexibility index (Phi) is 5.91. The number of carbonyl (C=O) groups excluding carboxylic acids is 1. The molecule has 1 atom stereocenters. The minimum atomic E-state index is -0.124. The number of nitriles is 1. The van der Waals surface area contributed by atoms with Gasteiger partial charge in [-0.2, -0.15) is 5.26 Å². The number of aromatic nitrogens is 1. The van der Waals surface area contributed by atoms with E-state index < -0.39 is 0 Å². The number of benzene rings is 1. The fraction of sp³-hybridized carbons (Fsp3) is 0.316. The summed E-state index contributed by atoms with van der Waals surface area (Å²) in [5.41, 5.74) is 2.43. The average molecular weight is 323 g/mol. The summed E-state index contributed by atoms with van der Waals surface area (Å²) >= 11 is 0. The molecule has 0 aliphatic carbocycles. The highest BCUT2D eigenvalue weighted by atomic mass is 16.5. The molecule has 0 fully saturated rings. The zero-order chi connectivity index (χ0) is 17.5. The van der Waals surface area contributed by atoms with Crippen LogP contribution in [0.3, 0.4) is 0 Å². The molecule has 0 spiro atoms. The highest BCUT2D eigenvalue weighted by Gasteiger charge is 2.17. The molecule has 1 amide bonds. The van der Waals surface area contributed by atoms with E-state index in [-0.39, 0.29) is 11.9 Å². The number of hydrogen-bond donors (Lipinski definition) is 0. The second kappa shape index (κ2) is 8.11. The lowest BCUT2D eigenvalue weighted by Crippen LogP contribution is -2.34. The third-order valence-electron chi connectivity index (χ3n) is 3.83. The number of aryl methyl sites for hydroxylation is 1. The lowest BCUT2D eigenvalue weighted by molar-refractivity contribution is 0.0746. The quantitative estimate of drug-likeness (QED) is 0.817. The molecule has 24 heavy (non-hydrogen) atoms. The molecule has 0 N–H and O–H groups in total. The van der Waals surface area contributed by atoms with Gasteiger partial charge in [0, 0.05) is 24.3 Å². The first kappa shape index (κ1) is 17.5. The van der Waals surface area contributed by atoms with Crippen molar-refractivity contribution in [2.45, 2.75) is 32.9 Å². The Morgan fingerprint density at radius 2 is 2.17 bits per heavy atom. The average Bonchev–Trinajstić information content (AvgIpc) is 2.60. The Labute approximate surface area is 142 Å². The molecule has 2 rings (SSSR count). The maximum atomic E-state index is 12.5. The highest BCUT2D eigenvalue weighted by molar-refractivity contribution is 5.94. The van der Waals surface area contributed by atoms with Crippen molar-refractivity contribution < 1.29 is 9.53 Å². The van der Waals surface area contributed by atoms with Crippen LogP contribution in [0.15, 0.2) is 42.6 Å². The normalized spacial score (nSPS) is 11.4. The zero-order valence-electron chi connectivity index (χ0n) is 14.2. The molecule has 0 aliphatic rings. The molecular weight excluding hydrogens is 302 g/mol. The number of hydrogen-bond acceptors (Lipinski definition) is 4. The highest BCUT2D eigenvalue weighted by Crippen LogP contribution is 2.14. The molecule has 5 nitrogen and oxygen atoms in total. The predicted octanol–water partition coefficient (Wildman–Crippen LogP) is 3.34. The fourth-order valence-electron chi connectivity index (χ4n) is 2.17. The third kappa shape index (κ3) is 4.56. The standard InChI is InChI=1S/C19H21N3O2/c1-14-7-8-18(12-21-14)24-13-16-5-4-6-17(11-16)19(23)22(3)15(2)9-10-20/h4-8,11-12,15H,9,13H2,1-3H3/t15-/m0/s1. The smallest absolute Gasteiger partial charge is 0.253 e. The van der Waals surface area contributed by atoms with E-state index in [4.69, 9.17) is 10.00 Å². The van der Waals surface area contributed by atoms with Crippen LogP contribution in [0, 0.1) is 18.3 Å². The van der Waals surface area contributed by atoms with Gasteiger partial charge in [-0.05, 0) is 43.7 Å². The van der Waals surface area contributed by atoms with Gasteiger partial charge in [0.25, 0.3) is 5.91 Å². The predicted molar refractivity (Wildman–Crippen MR) is 91.5 cm³/mol. The first-order valence-corrected chi connectivity index (χ1v) is 7.79. The molecule has 1 aromatic carbocycles. The van der Waals surface area contributed by atoms with Gasteiger partial charge in [-0.25, -0.2) is 0 Å². The van der Waals surface area contributed by atoms with Crippen LogP contribution in [0.1, 0.15) is 35.0 Å². The molecule has 0 radical (unpaired) electrons. The van der Waals surface area contributed by atoms with Gasteiger partial charge < -0.3 is 9.64 Å². The van der Waals surface area contributed by atoms with Gasteiger partial charge in [-0.3, -0.25) is 9.78 Å². The molecule has 0 aliphatic heterocycles. The van der Waals surface area contributed by atoms with Gasteiger partial charge >= 0.3 is 0 Å². The van der Waals surface area contributed by atoms with Crippen LogP contribution < -0.4 is 4.74 Å². The Morgan fingerprint density at radius 1 is 1.38 bits per heavy atom. The van der Waals surface area contributed by atoms with Gasteiger partial charge in [-0.15, -0.1) is 0 Å². The minimum absolute atomic E-state index is 0.100. The Bertz CT molecular complexity index is 735. The third-order valence-corrected chi connectivity index (χ3v) is 3.83. The summed E-state index contributed by atoms with van der Waals surface area (Å²) < 4.78 is 5.70. The largest absolute Gasteiger partial charge is 0.487 e. The summed E-state index contributed by atoms with van der Waals surface area (Å²) in [4.78, 5) is 18.3. The van der Waals surface area contributed by atoms with Crippen molar-refractivity contribution >= 4 is 5.91 Å². The Balaban J connectivity index is 2.04. The van der Waals surface area contributed by atoms with Crippen LogP contribution in [0.5, 0.6) is 5.75 Å². The van der Waals surface area contributed by atoms with Gasteiger partial charge in [0.2, 0.25) is 0 Å². The van der Waals surface area contributed by atoms with Crippen LogP contribution in [0.4, 0.5) is 0 Å². The molecule has 5 heteroatoms. The van der Waals surface area contributed by atoms with Crippen molar-refractivity contribution in [3.63, 3.8) is 0 Å². The number of ether oxygens (including phenoxy) is 1. The zero-order valence-corrected chi connectivity index (χ0v) is 14.2. The molecule has 124 valence electrons. The number of nitrogens with zero attached hydrogens (tertiary/aromatic N) is 3. The van der Waals surface area contributed by atoms with E-state index in [1.165, 1.54) is 0 Å². The Morgan fingerprint density at radius 3 is 2.83 bits per heavy atom. The van der Waals surface area contributed by atoms with Crippen molar-refractivity contribution in [2.24, 2.45) is 0 Å². The van der Waals surface area contributed by atoms with Gasteiger partial charge in [-0.1, -0.05) is 12.1 Å². The second-order valence-electron chi connectivity index (χ2n) is 5.75. The van der Waals surface area contributed by atoms with Gasteiger partial charge in [0.05, 0.1) is 18.7 Å². The first-order chi connectivity index (χ1) is 11.5. The maximum absolute atomic E-state index is 12.5. The topological polar surface area (TPSA) is 66.2 Å². The molecule has 0 unspecified atom stereocenters. The second-order valence-corrected chi connectivity index (χ2v) is 5.75. The van der Waals surface area contributed by atoms with Crippen LogP contribution in [0.25, 0.3) is 0 Å². The summed E-state index contributed by atoms with van der Waals surface area (Å²) in [5.74, 6) is 0.591. The summed E-state index contributed by atoms with van der Waals surface area (Å²) in [6, 6.07) is 13.1. The molecule has 0 bridgehead atoms. The van der Waals surface area contributed by atoms with Crippen molar-refractivity contribution in [3.8, 4) is 11.8 Å². The molecular formula is C19H21N3O2. The molecule has 2 aromatic rings. The minimum Gasteiger partial charge on any atom is -0.487 e. The van der Waals surface area contributed by atoms with E-state index in [0.29, 0.717) is 24.3 Å². The molecule has 1 heterocycles. The van der Waals surface area contributed by atoms with Crippen molar-refractivity contribution in [2.75, 3.05) is 7.05 Å². The number of pyridine rings is 1. The van der Waals surface area contributed by atoms with Crippen molar-refractivity contribution in [3.05, 3.63) is 59.4 Å². The molecule has 1 aromatic heterocycles. The van der Waals surface area contributed by atoms with Gasteiger partial charge in [0.1, 0.15) is 12.4 Å². The van der Waals surface area contributed by atoms with Crippen LogP contribution >= 0.6 is 0 Å². The van der Waals surface area contributed by atoms with E-state index in [1.54, 1.807) is 24.2 Å². The first-order valence-electron chi connectivity index (χ1n) is 7.79. The fourth-order valence-corrected chi connectivity index (χ4v) is 2.17. The van der Waals surface area contributed by atoms with Crippen molar-refractivity contribution in [1.82, 2.24) is 9.88 Å². The molecule has 0 saturated carbocycles. The van der Waals surface area contributed by atoms with E-state index >= 15 is 0 Å². The Hall–Kier alpha value is -2.87. The van der Waals surface area contributed by atoms with E-state index in [2.05, 4.69) is 11.1 Å². The summed E-state index contributed by atoms with van der Waals surface area (Å²) in [7, 11) is 1.71. The lowest BCUT2D eigenvalue weighted by atomic mass is 10.1. The summed E-state index contributed by atoms with van der Waals surface area (Å²) in [5, 5.41) is 8.77. The molecule has 0 saturated heterocycles. The summed E-state index contributed by atoms with van der Waals surface area (Å²) in [6.45, 7) is 4.14. The monoisotopic (exact) mass is 323 g/mol. The summed E-state index contributed by atoms with van der Waals surface area (Å²) in [6.07, 6.45) is 1.99. The number of amides is 1. The van der Waals surface area contributed by atoms with Crippen LogP contribution in [0.2, 0.25) is 0 Å². The van der Waals surface area contributed by atoms with E-state index in [1.807, 2.05) is 44.2 Å². The van der Waals surface area contributed by atoms with Crippen LogP contribution in [-0.4, -0.2) is 28.9 Å². The SMILES string of the molecule is Cc1ccc(OCc2cccc(C(=O)N(C)[C@@H](C)CC#N)c2)cn1. The van der Waals surface area contributed by atoms with Crippen molar-refractivity contribution in [1.29, 1.82) is 5.26 Å². The number of carbonyl (C=O) groups is 1. The van der Waals surface area contributed by atoms with Gasteiger partial charge in [0.15, 0.2) is 0 Å². The van der Waals surface area contributed by atoms with E-state index in [0.717, 1.165) is 11.3 Å². The van der Waals surface area contributed by atoms with Crippen LogP contribution in [-0.2, 0) is 6.61 Å².